The van der Waals surface area contributed by atoms with Gasteiger partial charge in [-0.1, -0.05) is 101 Å². The highest BCUT2D eigenvalue weighted by atomic mass is 79.9. The van der Waals surface area contributed by atoms with Crippen LogP contribution >= 0.6 is 15.9 Å². The maximum absolute atomic E-state index is 3.74. The first kappa shape index (κ1) is 27.9. The fourth-order valence-electron chi connectivity index (χ4n) is 6.39. The minimum Gasteiger partial charge on any atom is -0.310 e. The van der Waals surface area contributed by atoms with E-state index in [0.717, 1.165) is 44.3 Å². The topological polar surface area (TPSA) is 11.4 Å². The molecule has 8 aromatic rings. The van der Waals surface area contributed by atoms with Crippen molar-refractivity contribution in [2.24, 2.45) is 0 Å². The highest BCUT2D eigenvalue weighted by Gasteiger charge is 2.19. The molecular formula is C42H30BrN3. The number of halogens is 1. The van der Waals surface area contributed by atoms with Crippen molar-refractivity contribution in [2.75, 3.05) is 9.80 Å². The number of para-hydroxylation sites is 4. The fourth-order valence-corrected chi connectivity index (χ4v) is 6.78. The molecule has 0 radical (unpaired) electrons. The van der Waals surface area contributed by atoms with Crippen LogP contribution in [0.4, 0.5) is 34.1 Å². The zero-order valence-corrected chi connectivity index (χ0v) is 26.6. The maximum Gasteiger partial charge on any atom is 0.0542 e. The van der Waals surface area contributed by atoms with Gasteiger partial charge in [0, 0.05) is 55.1 Å². The Morgan fingerprint density at radius 2 is 0.826 bits per heavy atom. The summed E-state index contributed by atoms with van der Waals surface area (Å²) in [6.45, 7) is 0. The SMILES string of the molecule is Brc1cccc(N(c2cccc(N(c3ccccc3)c3ccccc3)c2)c2ccc3c(c2)c2ccccc2n3-c2ccccc2)c1. The number of hydrogen-bond donors (Lipinski definition) is 0. The van der Waals surface area contributed by atoms with Crippen molar-refractivity contribution in [1.29, 1.82) is 0 Å². The van der Waals surface area contributed by atoms with Gasteiger partial charge in [-0.3, -0.25) is 0 Å². The molecule has 0 N–H and O–H groups in total. The molecule has 1 heterocycles. The van der Waals surface area contributed by atoms with Gasteiger partial charge in [-0.05, 0) is 97.1 Å². The first-order valence-corrected chi connectivity index (χ1v) is 16.2. The second-order valence-electron chi connectivity index (χ2n) is 11.2. The van der Waals surface area contributed by atoms with E-state index in [9.17, 15) is 0 Å². The maximum atomic E-state index is 3.74. The third kappa shape index (κ3) is 5.13. The van der Waals surface area contributed by atoms with Crippen LogP contribution in [0.15, 0.2) is 186 Å². The molecule has 0 saturated carbocycles. The zero-order valence-electron chi connectivity index (χ0n) is 25.0. The van der Waals surface area contributed by atoms with Gasteiger partial charge < -0.3 is 14.4 Å². The van der Waals surface area contributed by atoms with E-state index in [2.05, 4.69) is 212 Å². The summed E-state index contributed by atoms with van der Waals surface area (Å²) in [5.74, 6) is 0. The number of nitrogens with zero attached hydrogens (tertiary/aromatic N) is 3. The van der Waals surface area contributed by atoms with Crippen molar-refractivity contribution in [3.8, 4) is 5.69 Å². The van der Waals surface area contributed by atoms with E-state index in [1.54, 1.807) is 0 Å². The van der Waals surface area contributed by atoms with Crippen LogP contribution < -0.4 is 9.80 Å². The molecule has 0 amide bonds. The summed E-state index contributed by atoms with van der Waals surface area (Å²) in [6, 6.07) is 64.5. The van der Waals surface area contributed by atoms with E-state index >= 15 is 0 Å². The average molecular weight is 657 g/mol. The molecule has 46 heavy (non-hydrogen) atoms. The van der Waals surface area contributed by atoms with Gasteiger partial charge in [0.1, 0.15) is 0 Å². The Labute approximate surface area is 277 Å². The summed E-state index contributed by atoms with van der Waals surface area (Å²) < 4.78 is 3.39. The Bertz CT molecular complexity index is 2240. The number of hydrogen-bond acceptors (Lipinski definition) is 2. The average Bonchev–Trinajstić information content (AvgIpc) is 3.44. The van der Waals surface area contributed by atoms with E-state index in [1.165, 1.54) is 21.8 Å². The number of rotatable bonds is 7. The molecule has 0 fully saturated rings. The largest absolute Gasteiger partial charge is 0.310 e. The van der Waals surface area contributed by atoms with E-state index in [1.807, 2.05) is 0 Å². The predicted octanol–water partition coefficient (Wildman–Crippen LogP) is 12.5. The molecule has 220 valence electrons. The van der Waals surface area contributed by atoms with Crippen molar-refractivity contribution in [1.82, 2.24) is 4.57 Å². The normalized spacial score (nSPS) is 11.2. The quantitative estimate of drug-likeness (QED) is 0.169. The molecular weight excluding hydrogens is 626 g/mol. The zero-order chi connectivity index (χ0) is 30.9. The molecule has 1 aromatic heterocycles. The fraction of sp³-hybridized carbons (Fsp3) is 0. The minimum atomic E-state index is 1.03. The van der Waals surface area contributed by atoms with E-state index in [4.69, 9.17) is 0 Å². The second kappa shape index (κ2) is 12.1. The Hall–Kier alpha value is -5.58. The molecule has 0 aliphatic heterocycles. The molecule has 0 unspecified atom stereocenters. The van der Waals surface area contributed by atoms with Gasteiger partial charge in [-0.2, -0.15) is 0 Å². The first-order valence-electron chi connectivity index (χ1n) is 15.4. The lowest BCUT2D eigenvalue weighted by Gasteiger charge is -2.29. The number of benzene rings is 7. The highest BCUT2D eigenvalue weighted by Crippen LogP contribution is 2.42. The van der Waals surface area contributed by atoms with Gasteiger partial charge in [0.2, 0.25) is 0 Å². The monoisotopic (exact) mass is 655 g/mol. The standard InChI is InChI=1S/C42H30BrN3/c43-31-14-12-21-35(28-31)45(37-23-13-22-36(29-37)44(32-15-4-1-5-16-32)33-17-6-2-7-18-33)38-26-27-42-40(30-38)39-24-10-11-25-41(39)46(42)34-19-8-3-9-20-34/h1-30H. The van der Waals surface area contributed by atoms with Gasteiger partial charge >= 0.3 is 0 Å². The summed E-state index contributed by atoms with van der Waals surface area (Å²) in [4.78, 5) is 4.65. The molecule has 4 heteroatoms. The van der Waals surface area contributed by atoms with Gasteiger partial charge in [0.05, 0.1) is 11.0 Å². The molecule has 3 nitrogen and oxygen atoms in total. The van der Waals surface area contributed by atoms with Crippen LogP contribution in [0.2, 0.25) is 0 Å². The molecule has 0 atom stereocenters. The molecule has 8 rings (SSSR count). The van der Waals surface area contributed by atoms with Crippen LogP contribution in [-0.4, -0.2) is 4.57 Å². The van der Waals surface area contributed by atoms with Crippen molar-refractivity contribution in [3.63, 3.8) is 0 Å². The summed E-state index contributed by atoms with van der Waals surface area (Å²) in [7, 11) is 0. The Balaban J connectivity index is 1.33. The predicted molar refractivity (Wildman–Crippen MR) is 198 cm³/mol. The number of aromatic nitrogens is 1. The summed E-state index contributed by atoms with van der Waals surface area (Å²) in [6.07, 6.45) is 0. The first-order chi connectivity index (χ1) is 22.7. The van der Waals surface area contributed by atoms with Crippen LogP contribution in [-0.2, 0) is 0 Å². The summed E-state index contributed by atoms with van der Waals surface area (Å²) in [5.41, 5.74) is 10.0. The molecule has 0 spiro atoms. The van der Waals surface area contributed by atoms with E-state index in [-0.39, 0.29) is 0 Å². The second-order valence-corrected chi connectivity index (χ2v) is 12.1. The van der Waals surface area contributed by atoms with Crippen molar-refractivity contribution < 1.29 is 0 Å². The van der Waals surface area contributed by atoms with Crippen LogP contribution in [0.1, 0.15) is 0 Å². The molecule has 0 aliphatic carbocycles. The Morgan fingerprint density at radius 1 is 0.348 bits per heavy atom. The molecule has 0 aliphatic rings. The Kier molecular flexibility index (Phi) is 7.33. The van der Waals surface area contributed by atoms with Crippen molar-refractivity contribution in [3.05, 3.63) is 186 Å². The number of fused-ring (bicyclic) bond motifs is 3. The Morgan fingerprint density at radius 3 is 1.48 bits per heavy atom. The van der Waals surface area contributed by atoms with Gasteiger partial charge in [-0.25, -0.2) is 0 Å². The van der Waals surface area contributed by atoms with E-state index < -0.39 is 0 Å². The third-order valence-corrected chi connectivity index (χ3v) is 8.86. The van der Waals surface area contributed by atoms with Crippen molar-refractivity contribution in [2.45, 2.75) is 0 Å². The number of anilines is 6. The smallest absolute Gasteiger partial charge is 0.0542 e. The lowest BCUT2D eigenvalue weighted by atomic mass is 10.1. The lowest BCUT2D eigenvalue weighted by molar-refractivity contribution is 1.18. The van der Waals surface area contributed by atoms with Crippen LogP contribution in [0, 0.1) is 0 Å². The van der Waals surface area contributed by atoms with Crippen LogP contribution in [0.3, 0.4) is 0 Å². The van der Waals surface area contributed by atoms with Crippen molar-refractivity contribution >= 4 is 71.9 Å². The van der Waals surface area contributed by atoms with Crippen LogP contribution in [0.5, 0.6) is 0 Å². The van der Waals surface area contributed by atoms with Crippen LogP contribution in [0.25, 0.3) is 27.5 Å². The molecule has 0 saturated heterocycles. The third-order valence-electron chi connectivity index (χ3n) is 8.37. The summed E-state index contributed by atoms with van der Waals surface area (Å²) >= 11 is 3.74. The minimum absolute atomic E-state index is 1.03. The van der Waals surface area contributed by atoms with Gasteiger partial charge in [0.15, 0.2) is 0 Å². The molecule has 0 bridgehead atoms. The van der Waals surface area contributed by atoms with E-state index in [0.29, 0.717) is 0 Å². The summed E-state index contributed by atoms with van der Waals surface area (Å²) in [5, 5.41) is 2.44. The lowest BCUT2D eigenvalue weighted by Crippen LogP contribution is -2.13. The molecule has 7 aromatic carbocycles. The van der Waals surface area contributed by atoms with Gasteiger partial charge in [-0.15, -0.1) is 0 Å². The highest BCUT2D eigenvalue weighted by molar-refractivity contribution is 9.10. The van der Waals surface area contributed by atoms with Gasteiger partial charge in [0.25, 0.3) is 0 Å².